The lowest BCUT2D eigenvalue weighted by molar-refractivity contribution is -0.137. The first-order valence-corrected chi connectivity index (χ1v) is 10.6. The standard InChI is InChI=1S/C22H23ClF3N3O2/c23-13-19(30)29(18-10-4-7-16(12-18)22(24,25)26)20(15-6-5-11-27-14-15)21(31)28-17-8-2-1-3-9-17/h4-7,10-12,14,17,20H,1-3,8-9,13H2,(H,28,31). The SMILES string of the molecule is O=C(NC1CCCCC1)C(c1cccnc1)N(C(=O)CCl)c1cccc(C(F)(F)F)c1. The number of halogens is 4. The molecule has 0 radical (unpaired) electrons. The third kappa shape index (κ3) is 5.76. The van der Waals surface area contributed by atoms with Gasteiger partial charge in [0.05, 0.1) is 5.56 Å². The molecule has 0 aliphatic heterocycles. The highest BCUT2D eigenvalue weighted by molar-refractivity contribution is 6.29. The van der Waals surface area contributed by atoms with Gasteiger partial charge in [0, 0.05) is 29.7 Å². The van der Waals surface area contributed by atoms with Crippen molar-refractivity contribution in [2.24, 2.45) is 0 Å². The van der Waals surface area contributed by atoms with Gasteiger partial charge in [-0.05, 0) is 37.1 Å². The molecule has 0 spiro atoms. The van der Waals surface area contributed by atoms with Crippen LogP contribution in [-0.2, 0) is 15.8 Å². The molecule has 31 heavy (non-hydrogen) atoms. The van der Waals surface area contributed by atoms with Crippen LogP contribution in [0.5, 0.6) is 0 Å². The molecule has 1 heterocycles. The number of amides is 2. The van der Waals surface area contributed by atoms with Crippen LogP contribution in [0, 0.1) is 0 Å². The van der Waals surface area contributed by atoms with E-state index < -0.39 is 35.5 Å². The summed E-state index contributed by atoms with van der Waals surface area (Å²) in [6.45, 7) is 0. The minimum atomic E-state index is -4.60. The highest BCUT2D eigenvalue weighted by Crippen LogP contribution is 2.35. The second-order valence-electron chi connectivity index (χ2n) is 7.48. The molecular weight excluding hydrogens is 431 g/mol. The van der Waals surface area contributed by atoms with Gasteiger partial charge in [-0.15, -0.1) is 11.6 Å². The lowest BCUT2D eigenvalue weighted by Gasteiger charge is -2.33. The summed E-state index contributed by atoms with van der Waals surface area (Å²) in [7, 11) is 0. The Balaban J connectivity index is 2.04. The van der Waals surface area contributed by atoms with E-state index in [1.165, 1.54) is 24.5 Å². The quantitative estimate of drug-likeness (QED) is 0.635. The van der Waals surface area contributed by atoms with E-state index in [0.29, 0.717) is 5.56 Å². The maximum absolute atomic E-state index is 13.3. The second kappa shape index (κ2) is 10.1. The zero-order valence-electron chi connectivity index (χ0n) is 16.7. The van der Waals surface area contributed by atoms with Crippen molar-refractivity contribution in [3.8, 4) is 0 Å². The highest BCUT2D eigenvalue weighted by atomic mass is 35.5. The summed E-state index contributed by atoms with van der Waals surface area (Å²) in [4.78, 5) is 31.2. The van der Waals surface area contributed by atoms with Crippen molar-refractivity contribution in [3.63, 3.8) is 0 Å². The number of hydrogen-bond donors (Lipinski definition) is 1. The summed E-state index contributed by atoms with van der Waals surface area (Å²) < 4.78 is 39.9. The Morgan fingerprint density at radius 2 is 1.90 bits per heavy atom. The van der Waals surface area contributed by atoms with Crippen molar-refractivity contribution in [2.75, 3.05) is 10.8 Å². The molecular formula is C22H23ClF3N3O2. The van der Waals surface area contributed by atoms with E-state index in [1.54, 1.807) is 12.1 Å². The number of nitrogens with zero attached hydrogens (tertiary/aromatic N) is 2. The molecule has 1 unspecified atom stereocenters. The number of pyridine rings is 1. The third-order valence-electron chi connectivity index (χ3n) is 5.29. The number of carbonyl (C=O) groups is 2. The van der Waals surface area contributed by atoms with Crippen LogP contribution < -0.4 is 10.2 Å². The van der Waals surface area contributed by atoms with Crippen LogP contribution in [0.3, 0.4) is 0 Å². The number of rotatable bonds is 6. The number of alkyl halides is 4. The lowest BCUT2D eigenvalue weighted by Crippen LogP contribution is -2.47. The normalized spacial score (nSPS) is 15.9. The van der Waals surface area contributed by atoms with E-state index in [0.717, 1.165) is 49.1 Å². The molecule has 1 aromatic heterocycles. The number of anilines is 1. The molecule has 3 rings (SSSR count). The Morgan fingerprint density at radius 3 is 2.52 bits per heavy atom. The van der Waals surface area contributed by atoms with Crippen molar-refractivity contribution >= 4 is 29.1 Å². The fourth-order valence-corrected chi connectivity index (χ4v) is 3.94. The van der Waals surface area contributed by atoms with Crippen molar-refractivity contribution in [1.82, 2.24) is 10.3 Å². The first kappa shape index (κ1) is 23.1. The second-order valence-corrected chi connectivity index (χ2v) is 7.75. The first-order chi connectivity index (χ1) is 14.8. The molecule has 1 atom stereocenters. The van der Waals surface area contributed by atoms with Crippen LogP contribution in [0.2, 0.25) is 0 Å². The van der Waals surface area contributed by atoms with Crippen molar-refractivity contribution < 1.29 is 22.8 Å². The maximum Gasteiger partial charge on any atom is 0.416 e. The molecule has 2 aromatic rings. The molecule has 166 valence electrons. The van der Waals surface area contributed by atoms with E-state index in [-0.39, 0.29) is 11.7 Å². The Hall–Kier alpha value is -2.61. The van der Waals surface area contributed by atoms with Gasteiger partial charge in [0.1, 0.15) is 11.9 Å². The summed E-state index contributed by atoms with van der Waals surface area (Å²) in [5.41, 5.74) is -0.602. The number of hydrogen-bond acceptors (Lipinski definition) is 3. The first-order valence-electron chi connectivity index (χ1n) is 10.1. The van der Waals surface area contributed by atoms with Crippen molar-refractivity contribution in [3.05, 3.63) is 59.9 Å². The summed E-state index contributed by atoms with van der Waals surface area (Å²) in [5, 5.41) is 2.97. The minimum absolute atomic E-state index is 0.0464. The number of carbonyl (C=O) groups excluding carboxylic acids is 2. The molecule has 1 N–H and O–H groups in total. The number of aromatic nitrogens is 1. The van der Waals surface area contributed by atoms with Gasteiger partial charge in [-0.1, -0.05) is 31.4 Å². The van der Waals surface area contributed by atoms with Gasteiger partial charge in [-0.25, -0.2) is 0 Å². The molecule has 1 saturated carbocycles. The van der Waals surface area contributed by atoms with Gasteiger partial charge in [-0.2, -0.15) is 13.2 Å². The summed E-state index contributed by atoms with van der Waals surface area (Å²) >= 11 is 5.79. The molecule has 0 saturated heterocycles. The number of benzene rings is 1. The van der Waals surface area contributed by atoms with Crippen LogP contribution in [0.15, 0.2) is 48.8 Å². The maximum atomic E-state index is 13.3. The third-order valence-corrected chi connectivity index (χ3v) is 5.52. The molecule has 0 bridgehead atoms. The fourth-order valence-electron chi connectivity index (χ4n) is 3.82. The van der Waals surface area contributed by atoms with Crippen LogP contribution in [-0.4, -0.2) is 28.7 Å². The largest absolute Gasteiger partial charge is 0.416 e. The van der Waals surface area contributed by atoms with Crippen LogP contribution in [0.4, 0.5) is 18.9 Å². The zero-order chi connectivity index (χ0) is 22.4. The smallest absolute Gasteiger partial charge is 0.351 e. The Kier molecular flexibility index (Phi) is 7.54. The van der Waals surface area contributed by atoms with Crippen LogP contribution in [0.1, 0.15) is 49.3 Å². The molecule has 2 amide bonds. The topological polar surface area (TPSA) is 62.3 Å². The fraction of sp³-hybridized carbons (Fsp3) is 0.409. The molecule has 1 fully saturated rings. The van der Waals surface area contributed by atoms with Gasteiger partial charge >= 0.3 is 6.18 Å². The predicted molar refractivity (Wildman–Crippen MR) is 112 cm³/mol. The minimum Gasteiger partial charge on any atom is -0.351 e. The monoisotopic (exact) mass is 453 g/mol. The van der Waals surface area contributed by atoms with Crippen molar-refractivity contribution in [2.45, 2.75) is 50.4 Å². The summed E-state index contributed by atoms with van der Waals surface area (Å²) in [5.74, 6) is -1.66. The average molecular weight is 454 g/mol. The van der Waals surface area contributed by atoms with E-state index in [2.05, 4.69) is 10.3 Å². The molecule has 9 heteroatoms. The van der Waals surface area contributed by atoms with Gasteiger partial charge < -0.3 is 5.32 Å². The summed E-state index contributed by atoms with van der Waals surface area (Å²) in [6, 6.07) is 6.28. The average Bonchev–Trinajstić information content (AvgIpc) is 2.77. The summed E-state index contributed by atoms with van der Waals surface area (Å²) in [6.07, 6.45) is 3.04. The van der Waals surface area contributed by atoms with E-state index in [4.69, 9.17) is 11.6 Å². The lowest BCUT2D eigenvalue weighted by atomic mass is 9.94. The van der Waals surface area contributed by atoms with Gasteiger partial charge in [0.2, 0.25) is 11.8 Å². The van der Waals surface area contributed by atoms with E-state index in [1.807, 2.05) is 0 Å². The molecule has 1 aliphatic carbocycles. The molecule has 5 nitrogen and oxygen atoms in total. The van der Waals surface area contributed by atoms with Gasteiger partial charge in [0.25, 0.3) is 0 Å². The molecule has 1 aliphatic rings. The van der Waals surface area contributed by atoms with Gasteiger partial charge in [0.15, 0.2) is 0 Å². The van der Waals surface area contributed by atoms with Gasteiger partial charge in [-0.3, -0.25) is 19.5 Å². The molecule has 1 aromatic carbocycles. The number of nitrogens with one attached hydrogen (secondary N) is 1. The van der Waals surface area contributed by atoms with Crippen LogP contribution in [0.25, 0.3) is 0 Å². The van der Waals surface area contributed by atoms with E-state index >= 15 is 0 Å². The Bertz CT molecular complexity index is 902. The highest BCUT2D eigenvalue weighted by Gasteiger charge is 2.36. The Morgan fingerprint density at radius 1 is 1.16 bits per heavy atom. The van der Waals surface area contributed by atoms with E-state index in [9.17, 15) is 22.8 Å². The van der Waals surface area contributed by atoms with Crippen molar-refractivity contribution in [1.29, 1.82) is 0 Å². The Labute approximate surface area is 183 Å². The zero-order valence-corrected chi connectivity index (χ0v) is 17.5. The predicted octanol–water partition coefficient (Wildman–Crippen LogP) is 4.86. The van der Waals surface area contributed by atoms with Crippen LogP contribution >= 0.6 is 11.6 Å².